The molecule has 132 valence electrons. The van der Waals surface area contributed by atoms with E-state index in [1.807, 2.05) is 0 Å². The fourth-order valence-corrected chi connectivity index (χ4v) is 2.33. The maximum absolute atomic E-state index is 12.5. The average Bonchev–Trinajstić information content (AvgIpc) is 2.60. The summed E-state index contributed by atoms with van der Waals surface area (Å²) >= 11 is 0. The maximum Gasteiger partial charge on any atom is 0.387 e. The molecule has 4 nitrogen and oxygen atoms in total. The van der Waals surface area contributed by atoms with Gasteiger partial charge >= 0.3 is 6.61 Å². The largest absolute Gasteiger partial charge is 0.493 e. The summed E-state index contributed by atoms with van der Waals surface area (Å²) in [5.74, 6) is 0.383. The second kappa shape index (κ2) is 8.28. The Hall–Kier alpha value is -2.89. The van der Waals surface area contributed by atoms with Crippen LogP contribution < -0.4 is 14.2 Å². The molecule has 0 fully saturated rings. The Morgan fingerprint density at radius 3 is 2.48 bits per heavy atom. The second-order valence-electron chi connectivity index (χ2n) is 5.16. The lowest BCUT2D eigenvalue weighted by molar-refractivity contribution is -0.0501. The molecule has 0 radical (unpaired) electrons. The second-order valence-corrected chi connectivity index (χ2v) is 5.16. The molecule has 6 heteroatoms. The third-order valence-corrected chi connectivity index (χ3v) is 3.46. The zero-order valence-corrected chi connectivity index (χ0v) is 14.1. The summed E-state index contributed by atoms with van der Waals surface area (Å²) in [5.41, 5.74) is 1.45. The first-order chi connectivity index (χ1) is 12.0. The third kappa shape index (κ3) is 4.56. The quantitative estimate of drug-likeness (QED) is 0.545. The van der Waals surface area contributed by atoms with Crippen LogP contribution >= 0.6 is 0 Å². The lowest BCUT2D eigenvalue weighted by Gasteiger charge is -2.10. The van der Waals surface area contributed by atoms with Crippen LogP contribution in [0.25, 0.3) is 6.08 Å². The summed E-state index contributed by atoms with van der Waals surface area (Å²) in [6.45, 7) is -1.24. The van der Waals surface area contributed by atoms with E-state index in [4.69, 9.17) is 9.47 Å². The summed E-state index contributed by atoms with van der Waals surface area (Å²) in [4.78, 5) is 12.4. The molecular formula is C19H18F2O4. The molecule has 0 aromatic heterocycles. The minimum absolute atomic E-state index is 0.0680. The molecule has 0 saturated carbocycles. The first-order valence-corrected chi connectivity index (χ1v) is 7.45. The number of para-hydroxylation sites is 1. The topological polar surface area (TPSA) is 44.8 Å². The van der Waals surface area contributed by atoms with E-state index >= 15 is 0 Å². The van der Waals surface area contributed by atoms with Gasteiger partial charge in [0.15, 0.2) is 17.3 Å². The fourth-order valence-electron chi connectivity index (χ4n) is 2.33. The van der Waals surface area contributed by atoms with Crippen molar-refractivity contribution in [2.24, 2.45) is 0 Å². The number of benzene rings is 2. The average molecular weight is 348 g/mol. The molecule has 2 aromatic rings. The van der Waals surface area contributed by atoms with Gasteiger partial charge in [0.1, 0.15) is 5.75 Å². The van der Waals surface area contributed by atoms with Crippen LogP contribution in [0.1, 0.15) is 21.5 Å². The SMILES string of the molecule is COc1cccc(/C=C/C(=O)c2cc(C)ccc2OC(F)F)c1OC. The molecule has 2 aromatic carbocycles. The predicted molar refractivity (Wildman–Crippen MR) is 90.7 cm³/mol. The van der Waals surface area contributed by atoms with Gasteiger partial charge in [-0.3, -0.25) is 4.79 Å². The molecule has 0 N–H and O–H groups in total. The molecule has 0 aliphatic carbocycles. The number of carbonyl (C=O) groups is 1. The Kier molecular flexibility index (Phi) is 6.11. The predicted octanol–water partition coefficient (Wildman–Crippen LogP) is 4.51. The Balaban J connectivity index is 2.34. The van der Waals surface area contributed by atoms with E-state index in [0.29, 0.717) is 17.1 Å². The first kappa shape index (κ1) is 18.4. The zero-order valence-electron chi connectivity index (χ0n) is 14.1. The van der Waals surface area contributed by atoms with Gasteiger partial charge in [0.2, 0.25) is 0 Å². The molecule has 0 heterocycles. The summed E-state index contributed by atoms with van der Waals surface area (Å²) in [6, 6.07) is 9.69. The molecule has 0 amide bonds. The van der Waals surface area contributed by atoms with Gasteiger partial charge in [0, 0.05) is 5.56 Å². The minimum Gasteiger partial charge on any atom is -0.493 e. The highest BCUT2D eigenvalue weighted by molar-refractivity contribution is 6.08. The van der Waals surface area contributed by atoms with Crippen molar-refractivity contribution in [3.8, 4) is 17.2 Å². The summed E-state index contributed by atoms with van der Waals surface area (Å²) in [6.07, 6.45) is 2.82. The zero-order chi connectivity index (χ0) is 18.4. The Morgan fingerprint density at radius 1 is 1.08 bits per heavy atom. The number of hydrogen-bond acceptors (Lipinski definition) is 4. The lowest BCUT2D eigenvalue weighted by atomic mass is 10.0. The number of hydrogen-bond donors (Lipinski definition) is 0. The number of allylic oxidation sites excluding steroid dienone is 1. The normalized spacial score (nSPS) is 11.0. The standard InChI is InChI=1S/C19H18F2O4/c1-12-7-10-16(25-19(20)21)14(11-12)15(22)9-8-13-5-4-6-17(23-2)18(13)24-3/h4-11,19H,1-3H3/b9-8+. The number of methoxy groups -OCH3 is 2. The smallest absolute Gasteiger partial charge is 0.387 e. The van der Waals surface area contributed by atoms with Crippen molar-refractivity contribution in [2.45, 2.75) is 13.5 Å². The maximum atomic E-state index is 12.5. The van der Waals surface area contributed by atoms with Crippen LogP contribution in [-0.4, -0.2) is 26.6 Å². The van der Waals surface area contributed by atoms with Gasteiger partial charge in [-0.25, -0.2) is 0 Å². The molecule has 0 saturated heterocycles. The molecule has 25 heavy (non-hydrogen) atoms. The molecule has 2 rings (SSSR count). The highest BCUT2D eigenvalue weighted by Gasteiger charge is 2.15. The van der Waals surface area contributed by atoms with Crippen molar-refractivity contribution in [1.29, 1.82) is 0 Å². The number of ketones is 1. The van der Waals surface area contributed by atoms with Gasteiger partial charge in [-0.15, -0.1) is 0 Å². The van der Waals surface area contributed by atoms with Crippen LogP contribution in [0.2, 0.25) is 0 Å². The van der Waals surface area contributed by atoms with Crippen LogP contribution in [0.5, 0.6) is 17.2 Å². The van der Waals surface area contributed by atoms with Gasteiger partial charge in [-0.2, -0.15) is 8.78 Å². The minimum atomic E-state index is -3.00. The molecule has 0 atom stereocenters. The van der Waals surface area contributed by atoms with E-state index in [1.165, 1.54) is 38.5 Å². The Morgan fingerprint density at radius 2 is 1.84 bits per heavy atom. The Labute approximate surface area is 144 Å². The number of alkyl halides is 2. The van der Waals surface area contributed by atoms with Crippen LogP contribution in [-0.2, 0) is 0 Å². The van der Waals surface area contributed by atoms with Gasteiger partial charge in [-0.05, 0) is 37.3 Å². The molecule has 0 aliphatic rings. The van der Waals surface area contributed by atoms with Gasteiger partial charge in [0.05, 0.1) is 19.8 Å². The Bertz CT molecular complexity index is 785. The van der Waals surface area contributed by atoms with Crippen LogP contribution in [0.15, 0.2) is 42.5 Å². The van der Waals surface area contributed by atoms with Crippen LogP contribution in [0, 0.1) is 6.92 Å². The summed E-state index contributed by atoms with van der Waals surface area (Å²) in [5, 5.41) is 0. The van der Waals surface area contributed by atoms with Crippen molar-refractivity contribution in [2.75, 3.05) is 14.2 Å². The fraction of sp³-hybridized carbons (Fsp3) is 0.211. The van der Waals surface area contributed by atoms with E-state index in [1.54, 1.807) is 31.2 Å². The van der Waals surface area contributed by atoms with Gasteiger partial charge < -0.3 is 14.2 Å². The van der Waals surface area contributed by atoms with Crippen molar-refractivity contribution >= 4 is 11.9 Å². The number of rotatable bonds is 7. The number of aryl methyl sites for hydroxylation is 1. The van der Waals surface area contributed by atoms with Crippen molar-refractivity contribution in [3.63, 3.8) is 0 Å². The van der Waals surface area contributed by atoms with Crippen LogP contribution in [0.4, 0.5) is 8.78 Å². The van der Waals surface area contributed by atoms with E-state index in [-0.39, 0.29) is 11.3 Å². The van der Waals surface area contributed by atoms with Gasteiger partial charge in [-0.1, -0.05) is 23.8 Å². The van der Waals surface area contributed by atoms with Crippen molar-refractivity contribution in [3.05, 3.63) is 59.2 Å². The van der Waals surface area contributed by atoms with Gasteiger partial charge in [0.25, 0.3) is 0 Å². The number of halogens is 2. The van der Waals surface area contributed by atoms with Crippen LogP contribution in [0.3, 0.4) is 0 Å². The summed E-state index contributed by atoms with van der Waals surface area (Å²) in [7, 11) is 3.00. The number of carbonyl (C=O) groups excluding carboxylic acids is 1. The molecule has 0 unspecified atom stereocenters. The molecule has 0 bridgehead atoms. The third-order valence-electron chi connectivity index (χ3n) is 3.46. The van der Waals surface area contributed by atoms with E-state index in [9.17, 15) is 13.6 Å². The number of ether oxygens (including phenoxy) is 3. The van der Waals surface area contributed by atoms with Crippen molar-refractivity contribution in [1.82, 2.24) is 0 Å². The monoisotopic (exact) mass is 348 g/mol. The lowest BCUT2D eigenvalue weighted by Crippen LogP contribution is -2.07. The highest BCUT2D eigenvalue weighted by Crippen LogP contribution is 2.32. The van der Waals surface area contributed by atoms with E-state index in [2.05, 4.69) is 4.74 Å². The van der Waals surface area contributed by atoms with Crippen molar-refractivity contribution < 1.29 is 27.8 Å². The van der Waals surface area contributed by atoms with E-state index < -0.39 is 12.4 Å². The molecular weight excluding hydrogens is 330 g/mol. The summed E-state index contributed by atoms with van der Waals surface area (Å²) < 4.78 is 39.9. The molecule has 0 aliphatic heterocycles. The van der Waals surface area contributed by atoms with E-state index in [0.717, 1.165) is 5.56 Å². The first-order valence-electron chi connectivity index (χ1n) is 7.45. The molecule has 0 spiro atoms. The highest BCUT2D eigenvalue weighted by atomic mass is 19.3.